The van der Waals surface area contributed by atoms with Gasteiger partial charge in [-0.2, -0.15) is 0 Å². The van der Waals surface area contributed by atoms with Crippen molar-refractivity contribution in [1.29, 1.82) is 0 Å². The number of hydrogen-bond acceptors (Lipinski definition) is 2. The van der Waals surface area contributed by atoms with Crippen LogP contribution in [-0.2, 0) is 6.54 Å². The van der Waals surface area contributed by atoms with Gasteiger partial charge in [0.1, 0.15) is 0 Å². The number of para-hydroxylation sites is 1. The van der Waals surface area contributed by atoms with Crippen LogP contribution in [0.5, 0.6) is 0 Å². The highest BCUT2D eigenvalue weighted by Crippen LogP contribution is 2.28. The van der Waals surface area contributed by atoms with Crippen LogP contribution in [0.25, 0.3) is 10.9 Å². The summed E-state index contributed by atoms with van der Waals surface area (Å²) in [6.07, 6.45) is 5.30. The van der Waals surface area contributed by atoms with E-state index in [0.717, 1.165) is 33.7 Å². The molecule has 1 aliphatic heterocycles. The van der Waals surface area contributed by atoms with Crippen molar-refractivity contribution in [3.05, 3.63) is 40.5 Å². The lowest BCUT2D eigenvalue weighted by Gasteiger charge is -2.20. The van der Waals surface area contributed by atoms with Gasteiger partial charge in [-0.05, 0) is 44.5 Å². The van der Waals surface area contributed by atoms with Gasteiger partial charge in [-0.25, -0.2) is 4.98 Å². The van der Waals surface area contributed by atoms with Gasteiger partial charge in [0.15, 0.2) is 0 Å². The standard InChI is InChI=1S/C17H21ClN2/c1-13-14-8-4-5-9-15(14)19-16(17(13)18)12-20-10-6-2-3-7-11-20/h4-5,8-9H,2-3,6-7,10-12H2,1H3. The minimum Gasteiger partial charge on any atom is -0.297 e. The first kappa shape index (κ1) is 13.8. The molecule has 1 fully saturated rings. The highest BCUT2D eigenvalue weighted by Gasteiger charge is 2.15. The van der Waals surface area contributed by atoms with Crippen LogP contribution in [0.2, 0.25) is 5.02 Å². The summed E-state index contributed by atoms with van der Waals surface area (Å²) in [5.41, 5.74) is 3.24. The molecule has 0 spiro atoms. The van der Waals surface area contributed by atoms with Gasteiger partial charge in [-0.1, -0.05) is 42.6 Å². The van der Waals surface area contributed by atoms with E-state index in [4.69, 9.17) is 16.6 Å². The van der Waals surface area contributed by atoms with Gasteiger partial charge in [0, 0.05) is 11.9 Å². The van der Waals surface area contributed by atoms with Crippen LogP contribution >= 0.6 is 11.6 Å². The predicted molar refractivity (Wildman–Crippen MR) is 85.2 cm³/mol. The molecule has 2 nitrogen and oxygen atoms in total. The van der Waals surface area contributed by atoms with Crippen molar-refractivity contribution in [2.75, 3.05) is 13.1 Å². The number of hydrogen-bond donors (Lipinski definition) is 0. The Hall–Kier alpha value is -1.12. The number of pyridine rings is 1. The van der Waals surface area contributed by atoms with Crippen molar-refractivity contribution in [1.82, 2.24) is 9.88 Å². The van der Waals surface area contributed by atoms with Gasteiger partial charge >= 0.3 is 0 Å². The number of rotatable bonds is 2. The molecule has 1 saturated heterocycles. The lowest BCUT2D eigenvalue weighted by molar-refractivity contribution is 0.274. The molecule has 2 heterocycles. The van der Waals surface area contributed by atoms with E-state index in [2.05, 4.69) is 24.0 Å². The van der Waals surface area contributed by atoms with Crippen molar-refractivity contribution < 1.29 is 0 Å². The normalized spacial score (nSPS) is 17.3. The smallest absolute Gasteiger partial charge is 0.0740 e. The molecule has 0 unspecified atom stereocenters. The van der Waals surface area contributed by atoms with Crippen LogP contribution in [0.1, 0.15) is 36.9 Å². The van der Waals surface area contributed by atoms with E-state index < -0.39 is 0 Å². The summed E-state index contributed by atoms with van der Waals surface area (Å²) in [5.74, 6) is 0. The molecule has 3 rings (SSSR count). The van der Waals surface area contributed by atoms with E-state index in [-0.39, 0.29) is 0 Å². The Morgan fingerprint density at radius 2 is 1.80 bits per heavy atom. The van der Waals surface area contributed by atoms with Crippen molar-refractivity contribution in [2.45, 2.75) is 39.2 Å². The molecule has 1 aromatic carbocycles. The van der Waals surface area contributed by atoms with Gasteiger partial charge in [0.05, 0.1) is 16.2 Å². The number of likely N-dealkylation sites (tertiary alicyclic amines) is 1. The fraction of sp³-hybridized carbons (Fsp3) is 0.471. The van der Waals surface area contributed by atoms with Gasteiger partial charge in [-0.15, -0.1) is 0 Å². The molecule has 106 valence electrons. The Bertz CT molecular complexity index is 601. The predicted octanol–water partition coefficient (Wildman–Crippen LogP) is 4.57. The summed E-state index contributed by atoms with van der Waals surface area (Å²) in [7, 11) is 0. The molecule has 3 heteroatoms. The quantitative estimate of drug-likeness (QED) is 0.804. The van der Waals surface area contributed by atoms with E-state index in [1.165, 1.54) is 38.8 Å². The van der Waals surface area contributed by atoms with E-state index in [9.17, 15) is 0 Å². The van der Waals surface area contributed by atoms with Gasteiger partial charge in [0.25, 0.3) is 0 Å². The molecule has 1 aliphatic rings. The number of fused-ring (bicyclic) bond motifs is 1. The third-order valence-electron chi connectivity index (χ3n) is 4.22. The van der Waals surface area contributed by atoms with E-state index in [0.29, 0.717) is 0 Å². The molecular weight excluding hydrogens is 268 g/mol. The van der Waals surface area contributed by atoms with E-state index >= 15 is 0 Å². The highest BCUT2D eigenvalue weighted by molar-refractivity contribution is 6.32. The van der Waals surface area contributed by atoms with Crippen molar-refractivity contribution in [2.24, 2.45) is 0 Å². The molecule has 0 bridgehead atoms. The second-order valence-corrected chi connectivity index (χ2v) is 6.08. The van der Waals surface area contributed by atoms with Crippen LogP contribution in [0.15, 0.2) is 24.3 Å². The maximum Gasteiger partial charge on any atom is 0.0740 e. The van der Waals surface area contributed by atoms with E-state index in [1.807, 2.05) is 12.1 Å². The Kier molecular flexibility index (Phi) is 4.23. The lowest BCUT2D eigenvalue weighted by atomic mass is 10.1. The number of benzene rings is 1. The fourth-order valence-corrected chi connectivity index (χ4v) is 3.23. The van der Waals surface area contributed by atoms with Crippen LogP contribution in [0, 0.1) is 6.92 Å². The largest absolute Gasteiger partial charge is 0.297 e. The number of aromatic nitrogens is 1. The maximum absolute atomic E-state index is 6.54. The first-order chi connectivity index (χ1) is 9.75. The molecule has 2 aromatic rings. The third-order valence-corrected chi connectivity index (χ3v) is 4.72. The number of aryl methyl sites for hydroxylation is 1. The minimum atomic E-state index is 0.841. The molecule has 0 radical (unpaired) electrons. The van der Waals surface area contributed by atoms with Gasteiger partial charge in [0.2, 0.25) is 0 Å². The SMILES string of the molecule is Cc1c(Cl)c(CN2CCCCCC2)nc2ccccc12. The van der Waals surface area contributed by atoms with E-state index in [1.54, 1.807) is 0 Å². The Labute approximate surface area is 125 Å². The topological polar surface area (TPSA) is 16.1 Å². The van der Waals surface area contributed by atoms with Crippen LogP contribution in [0.3, 0.4) is 0 Å². The molecule has 0 N–H and O–H groups in total. The average molecular weight is 289 g/mol. The molecule has 1 aromatic heterocycles. The molecule has 0 amide bonds. The molecular formula is C17H21ClN2. The molecule has 0 saturated carbocycles. The average Bonchev–Trinajstić information content (AvgIpc) is 2.73. The zero-order valence-corrected chi connectivity index (χ0v) is 12.8. The number of halogens is 1. The summed E-state index contributed by atoms with van der Waals surface area (Å²) >= 11 is 6.54. The first-order valence-corrected chi connectivity index (χ1v) is 7.89. The molecule has 0 atom stereocenters. The minimum absolute atomic E-state index is 0.841. The van der Waals surface area contributed by atoms with Crippen molar-refractivity contribution >= 4 is 22.5 Å². The van der Waals surface area contributed by atoms with Crippen LogP contribution in [-0.4, -0.2) is 23.0 Å². The summed E-state index contributed by atoms with van der Waals surface area (Å²) in [6.45, 7) is 5.32. The van der Waals surface area contributed by atoms with Gasteiger partial charge < -0.3 is 0 Å². The van der Waals surface area contributed by atoms with Gasteiger partial charge in [-0.3, -0.25) is 4.90 Å². The first-order valence-electron chi connectivity index (χ1n) is 7.52. The summed E-state index contributed by atoms with van der Waals surface area (Å²) in [6, 6.07) is 8.25. The summed E-state index contributed by atoms with van der Waals surface area (Å²) in [5, 5.41) is 2.00. The zero-order chi connectivity index (χ0) is 13.9. The van der Waals surface area contributed by atoms with Crippen LogP contribution < -0.4 is 0 Å². The lowest BCUT2D eigenvalue weighted by Crippen LogP contribution is -2.24. The van der Waals surface area contributed by atoms with Crippen molar-refractivity contribution in [3.8, 4) is 0 Å². The summed E-state index contributed by atoms with van der Waals surface area (Å²) < 4.78 is 0. The van der Waals surface area contributed by atoms with Crippen LogP contribution in [0.4, 0.5) is 0 Å². The Morgan fingerprint density at radius 3 is 2.55 bits per heavy atom. The molecule has 20 heavy (non-hydrogen) atoms. The third kappa shape index (κ3) is 2.82. The maximum atomic E-state index is 6.54. The zero-order valence-electron chi connectivity index (χ0n) is 12.0. The van der Waals surface area contributed by atoms with Crippen molar-refractivity contribution in [3.63, 3.8) is 0 Å². The molecule has 0 aliphatic carbocycles. The fourth-order valence-electron chi connectivity index (χ4n) is 3.03. The summed E-state index contributed by atoms with van der Waals surface area (Å²) in [4.78, 5) is 7.28. The number of nitrogens with zero attached hydrogens (tertiary/aromatic N) is 2. The Balaban J connectivity index is 1.92. The second-order valence-electron chi connectivity index (χ2n) is 5.70. The Morgan fingerprint density at radius 1 is 1.10 bits per heavy atom. The monoisotopic (exact) mass is 288 g/mol. The second kappa shape index (κ2) is 6.11. The highest BCUT2D eigenvalue weighted by atomic mass is 35.5.